The van der Waals surface area contributed by atoms with Crippen LogP contribution in [0, 0.1) is 41.7 Å². The number of fused-ring (bicyclic) bond motifs is 2. The predicted octanol–water partition coefficient (Wildman–Crippen LogP) is 7.58. The molecule has 3 unspecified atom stereocenters. The molecular formula is C35H27BrClN3O7. The van der Waals surface area contributed by atoms with E-state index in [1.807, 2.05) is 19.1 Å². The van der Waals surface area contributed by atoms with Crippen molar-refractivity contribution in [2.24, 2.45) is 17.8 Å². The van der Waals surface area contributed by atoms with Crippen molar-refractivity contribution in [3.63, 3.8) is 0 Å². The molecule has 1 aliphatic heterocycles. The van der Waals surface area contributed by atoms with E-state index < -0.39 is 23.3 Å². The molecule has 1 saturated heterocycles. The zero-order chi connectivity index (χ0) is 33.7. The van der Waals surface area contributed by atoms with Crippen LogP contribution in [0.5, 0.6) is 0 Å². The van der Waals surface area contributed by atoms with E-state index in [0.29, 0.717) is 54.9 Å². The minimum absolute atomic E-state index is 0.0322. The van der Waals surface area contributed by atoms with Gasteiger partial charge < -0.3 is 4.74 Å². The maximum Gasteiger partial charge on any atom is 0.339 e. The lowest BCUT2D eigenvalue weighted by molar-refractivity contribution is -0.385. The van der Waals surface area contributed by atoms with Crippen LogP contribution in [0.25, 0.3) is 22.2 Å². The Balaban J connectivity index is 1.32. The molecule has 0 N–H and O–H groups in total. The molecule has 3 atom stereocenters. The quantitative estimate of drug-likeness (QED) is 0.0477. The number of ketones is 1. The van der Waals surface area contributed by atoms with Crippen LogP contribution in [0.2, 0.25) is 5.02 Å². The van der Waals surface area contributed by atoms with E-state index in [2.05, 4.69) is 15.9 Å². The lowest BCUT2D eigenvalue weighted by Crippen LogP contribution is -2.31. The molecule has 0 saturated carbocycles. The summed E-state index contributed by atoms with van der Waals surface area (Å²) >= 11 is 9.94. The first-order valence-corrected chi connectivity index (χ1v) is 15.9. The van der Waals surface area contributed by atoms with Gasteiger partial charge in [0.05, 0.1) is 44.2 Å². The Morgan fingerprint density at radius 2 is 1.81 bits per heavy atom. The number of ether oxygens (including phenoxy) is 1. The first-order chi connectivity index (χ1) is 22.4. The number of nitro benzene ring substituents is 1. The van der Waals surface area contributed by atoms with Crippen LogP contribution >= 0.6 is 27.5 Å². The van der Waals surface area contributed by atoms with Gasteiger partial charge in [0, 0.05) is 32.6 Å². The fourth-order valence-electron chi connectivity index (χ4n) is 6.23. The number of esters is 1. The number of allylic oxidation sites excluding steroid dienone is 2. The van der Waals surface area contributed by atoms with Gasteiger partial charge in [-0.25, -0.2) is 9.78 Å². The molecule has 10 nitrogen and oxygen atoms in total. The van der Waals surface area contributed by atoms with Gasteiger partial charge >= 0.3 is 5.97 Å². The van der Waals surface area contributed by atoms with E-state index >= 15 is 0 Å². The Hall–Kier alpha value is -4.74. The summed E-state index contributed by atoms with van der Waals surface area (Å²) in [6, 6.07) is 14.0. The zero-order valence-electron chi connectivity index (χ0n) is 25.5. The highest BCUT2D eigenvalue weighted by atomic mass is 79.9. The van der Waals surface area contributed by atoms with Gasteiger partial charge in [0.15, 0.2) is 6.61 Å². The summed E-state index contributed by atoms with van der Waals surface area (Å²) < 4.78 is 5.96. The summed E-state index contributed by atoms with van der Waals surface area (Å²) in [4.78, 5) is 69.7. The van der Waals surface area contributed by atoms with Crippen LogP contribution in [0.1, 0.15) is 45.2 Å². The number of nitro groups is 1. The Bertz CT molecular complexity index is 2060. The zero-order valence-corrected chi connectivity index (χ0v) is 27.8. The molecule has 238 valence electrons. The SMILES string of the molecule is Cc1ccc(C(=O)COC(=O)c2cc(-c3ccc(N4C(=O)C5CC=CC(C)C5C4=O)cc3)nc3c(C)c(Cl)c(Br)cc23)cc1[N+](=O)[O-]. The summed E-state index contributed by atoms with van der Waals surface area (Å²) in [6.07, 6.45) is 4.46. The molecule has 2 amide bonds. The second-order valence-corrected chi connectivity index (χ2v) is 13.0. The minimum Gasteiger partial charge on any atom is -0.454 e. The number of Topliss-reactive ketones (excluding diaryl/α,β-unsaturated/α-hetero) is 1. The fourth-order valence-corrected chi connectivity index (χ4v) is 6.90. The number of pyridine rings is 1. The standard InChI is InChI=1S/C35H27BrClN3O7/c1-17-7-8-21(13-28(17)40(45)46)29(41)16-47-35(44)25-15-27(38-32-19(3)31(37)26(36)14-24(25)32)20-9-11-22(12-10-20)39-33(42)23-6-4-5-18(2)30(23)34(39)43/h4-5,7-15,18,23,30H,6,16H2,1-3H3. The van der Waals surface area contributed by atoms with E-state index in [4.69, 9.17) is 21.3 Å². The van der Waals surface area contributed by atoms with Crippen LogP contribution in [0.4, 0.5) is 11.4 Å². The smallest absolute Gasteiger partial charge is 0.339 e. The summed E-state index contributed by atoms with van der Waals surface area (Å²) in [5.74, 6) is -2.65. The molecule has 6 rings (SSSR count). The van der Waals surface area contributed by atoms with Crippen molar-refractivity contribution in [3.05, 3.63) is 109 Å². The summed E-state index contributed by atoms with van der Waals surface area (Å²) in [7, 11) is 0. The number of hydrogen-bond donors (Lipinski definition) is 0. The van der Waals surface area contributed by atoms with Crippen molar-refractivity contribution >= 4 is 73.4 Å². The van der Waals surface area contributed by atoms with Gasteiger partial charge in [0.25, 0.3) is 5.69 Å². The topological polar surface area (TPSA) is 137 Å². The highest BCUT2D eigenvalue weighted by molar-refractivity contribution is 9.10. The number of carbonyl (C=O) groups excluding carboxylic acids is 4. The molecule has 1 aromatic heterocycles. The number of halogens is 2. The molecule has 0 radical (unpaired) electrons. The van der Waals surface area contributed by atoms with Gasteiger partial charge in [-0.2, -0.15) is 0 Å². The van der Waals surface area contributed by atoms with E-state index in [1.165, 1.54) is 23.1 Å². The number of carbonyl (C=O) groups is 4. The summed E-state index contributed by atoms with van der Waals surface area (Å²) in [5, 5.41) is 12.2. The monoisotopic (exact) mass is 715 g/mol. The van der Waals surface area contributed by atoms with E-state index in [0.717, 1.165) is 6.07 Å². The lowest BCUT2D eigenvalue weighted by atomic mass is 9.78. The molecule has 1 fully saturated rings. The van der Waals surface area contributed by atoms with Gasteiger partial charge in [0.1, 0.15) is 0 Å². The van der Waals surface area contributed by atoms with Gasteiger partial charge in [0.2, 0.25) is 17.6 Å². The number of imide groups is 1. The summed E-state index contributed by atoms with van der Waals surface area (Å²) in [6.45, 7) is 4.62. The minimum atomic E-state index is -0.808. The largest absolute Gasteiger partial charge is 0.454 e. The normalized spacial score (nSPS) is 18.8. The van der Waals surface area contributed by atoms with Crippen LogP contribution in [-0.2, 0) is 14.3 Å². The van der Waals surface area contributed by atoms with Crippen LogP contribution in [0.15, 0.2) is 71.2 Å². The van der Waals surface area contributed by atoms with E-state index in [-0.39, 0.29) is 46.4 Å². The number of nitrogens with zero attached hydrogens (tertiary/aromatic N) is 3. The molecule has 0 bridgehead atoms. The second-order valence-electron chi connectivity index (χ2n) is 11.7. The van der Waals surface area contributed by atoms with Crippen LogP contribution in [-0.4, -0.2) is 40.1 Å². The number of rotatable bonds is 7. The lowest BCUT2D eigenvalue weighted by Gasteiger charge is -2.22. The number of hydrogen-bond acceptors (Lipinski definition) is 8. The van der Waals surface area contributed by atoms with Gasteiger partial charge in [-0.1, -0.05) is 54.9 Å². The molecular weight excluding hydrogens is 690 g/mol. The first kappa shape index (κ1) is 32.2. The Labute approximate surface area is 282 Å². The molecule has 1 aliphatic carbocycles. The second kappa shape index (κ2) is 12.5. The maximum atomic E-state index is 13.5. The third-order valence-electron chi connectivity index (χ3n) is 8.80. The van der Waals surface area contributed by atoms with Gasteiger partial charge in [-0.05, 0) is 71.9 Å². The van der Waals surface area contributed by atoms with Crippen molar-refractivity contribution in [1.82, 2.24) is 4.98 Å². The average Bonchev–Trinajstić information content (AvgIpc) is 3.32. The molecule has 47 heavy (non-hydrogen) atoms. The number of anilines is 1. The molecule has 2 aliphatic rings. The molecule has 2 heterocycles. The molecule has 3 aromatic carbocycles. The molecule has 12 heteroatoms. The van der Waals surface area contributed by atoms with Gasteiger partial charge in [-0.15, -0.1) is 0 Å². The average molecular weight is 717 g/mol. The van der Waals surface area contributed by atoms with Gasteiger partial charge in [-0.3, -0.25) is 29.4 Å². The van der Waals surface area contributed by atoms with E-state index in [1.54, 1.807) is 44.2 Å². The van der Waals surface area contributed by atoms with Crippen molar-refractivity contribution in [2.75, 3.05) is 11.5 Å². The first-order valence-electron chi connectivity index (χ1n) is 14.8. The molecule has 0 spiro atoms. The Morgan fingerprint density at radius 1 is 1.09 bits per heavy atom. The fraction of sp³-hybridized carbons (Fsp3) is 0.229. The number of aromatic nitrogens is 1. The van der Waals surface area contributed by atoms with Crippen molar-refractivity contribution < 1.29 is 28.8 Å². The third-order valence-corrected chi connectivity index (χ3v) is 10.1. The highest BCUT2D eigenvalue weighted by Crippen LogP contribution is 2.41. The number of benzene rings is 3. The third kappa shape index (κ3) is 5.74. The van der Waals surface area contributed by atoms with Crippen LogP contribution in [0.3, 0.4) is 0 Å². The van der Waals surface area contributed by atoms with Crippen molar-refractivity contribution in [2.45, 2.75) is 27.2 Å². The molecule has 4 aromatic rings. The van der Waals surface area contributed by atoms with Crippen molar-refractivity contribution in [1.29, 1.82) is 0 Å². The highest BCUT2D eigenvalue weighted by Gasteiger charge is 2.50. The van der Waals surface area contributed by atoms with Crippen LogP contribution < -0.4 is 4.90 Å². The van der Waals surface area contributed by atoms with Crippen molar-refractivity contribution in [3.8, 4) is 11.3 Å². The maximum absolute atomic E-state index is 13.5. The Morgan fingerprint density at radius 3 is 2.49 bits per heavy atom. The van der Waals surface area contributed by atoms with E-state index in [9.17, 15) is 29.3 Å². The summed E-state index contributed by atoms with van der Waals surface area (Å²) in [5.41, 5.74) is 2.82. The Kier molecular flexibility index (Phi) is 8.54. The number of aryl methyl sites for hydroxylation is 2. The predicted molar refractivity (Wildman–Crippen MR) is 179 cm³/mol. The number of amides is 2.